The van der Waals surface area contributed by atoms with Gasteiger partial charge in [0.1, 0.15) is 0 Å². The third kappa shape index (κ3) is 7.70. The van der Waals surface area contributed by atoms with Gasteiger partial charge in [-0.25, -0.2) is 0 Å². The summed E-state index contributed by atoms with van der Waals surface area (Å²) in [6, 6.07) is 0. The summed E-state index contributed by atoms with van der Waals surface area (Å²) in [7, 11) is 6.05. The summed E-state index contributed by atoms with van der Waals surface area (Å²) in [6.45, 7) is 26.4. The largest absolute Gasteiger partial charge is 0.354 e. The van der Waals surface area contributed by atoms with Gasteiger partial charge in [0, 0.05) is 73.3 Å². The molecule has 0 amide bonds. The minimum Gasteiger partial charge on any atom is -0.354 e. The van der Waals surface area contributed by atoms with E-state index in [-0.39, 0.29) is 70.7 Å². The van der Waals surface area contributed by atoms with Crippen molar-refractivity contribution < 1.29 is 65.4 Å². The molecule has 2 aliphatic carbocycles. The van der Waals surface area contributed by atoms with Gasteiger partial charge >= 0.3 is 0 Å². The molecule has 0 aliphatic heterocycles. The monoisotopic (exact) mass is 534 g/mol. The van der Waals surface area contributed by atoms with E-state index in [1.54, 1.807) is 5.92 Å². The van der Waals surface area contributed by atoms with Gasteiger partial charge in [0.2, 0.25) is 0 Å². The van der Waals surface area contributed by atoms with Gasteiger partial charge in [-0.2, -0.15) is 32.5 Å². The van der Waals surface area contributed by atoms with Gasteiger partial charge in [-0.1, -0.05) is 65.7 Å². The van der Waals surface area contributed by atoms with E-state index in [9.17, 15) is 0 Å². The summed E-state index contributed by atoms with van der Waals surface area (Å²) in [4.78, 5) is 0. The van der Waals surface area contributed by atoms with Crippen LogP contribution in [0.1, 0.15) is 100 Å². The first-order valence-electron chi connectivity index (χ1n) is 10.8. The molecule has 158 valence electrons. The van der Waals surface area contributed by atoms with E-state index >= 15 is 0 Å². The molecule has 2 rings (SSSR count). The van der Waals surface area contributed by atoms with Crippen LogP contribution in [-0.4, -0.2) is 7.85 Å². The first-order valence-corrected chi connectivity index (χ1v) is 10.8. The van der Waals surface area contributed by atoms with Crippen LogP contribution in [0.2, 0.25) is 5.31 Å². The predicted molar refractivity (Wildman–Crippen MR) is 119 cm³/mol. The molecule has 0 bridgehead atoms. The van der Waals surface area contributed by atoms with Gasteiger partial charge in [-0.15, -0.1) is 6.42 Å². The molecule has 2 fully saturated rings. The maximum Gasteiger partial charge on any atom is 0.0344 e. The van der Waals surface area contributed by atoms with E-state index in [4.69, 9.17) is 7.85 Å². The normalized spacial score (nSPS) is 36.0. The van der Waals surface area contributed by atoms with E-state index in [2.05, 4.69) is 68.7 Å². The summed E-state index contributed by atoms with van der Waals surface area (Å²) < 4.78 is 0. The first-order chi connectivity index (χ1) is 11.8. The van der Waals surface area contributed by atoms with Crippen LogP contribution in [0.15, 0.2) is 0 Å². The molecule has 5 atom stereocenters. The molecular weight excluding hydrogens is 489 g/mol. The van der Waals surface area contributed by atoms with Crippen molar-refractivity contribution in [2.75, 3.05) is 0 Å². The molecule has 0 heterocycles. The second kappa shape index (κ2) is 12.5. The zero-order chi connectivity index (χ0) is 20.4. The molecule has 0 aromatic heterocycles. The van der Waals surface area contributed by atoms with Crippen molar-refractivity contribution in [2.45, 2.75) is 106 Å². The molecule has 28 heavy (non-hydrogen) atoms. The van der Waals surface area contributed by atoms with Crippen LogP contribution in [-0.2, 0) is 65.4 Å². The summed E-state index contributed by atoms with van der Waals surface area (Å²) in [5.41, 5.74) is 1.17. The van der Waals surface area contributed by atoms with Gasteiger partial charge in [0.05, 0.1) is 0 Å². The van der Waals surface area contributed by atoms with E-state index in [1.807, 2.05) is 6.92 Å². The quantitative estimate of drug-likeness (QED) is 0.249. The van der Waals surface area contributed by atoms with Gasteiger partial charge in [-0.05, 0) is 23.7 Å². The van der Waals surface area contributed by atoms with Gasteiger partial charge < -0.3 is 26.2 Å². The van der Waals surface area contributed by atoms with E-state index in [0.29, 0.717) is 16.2 Å². The molecule has 5 unspecified atom stereocenters. The Kier molecular flexibility index (Phi) is 14.5. The number of hydrogen-bond acceptors (Lipinski definition) is 0. The number of hydrogen-bond donors (Lipinski definition) is 0. The Morgan fingerprint density at radius 1 is 1.18 bits per heavy atom. The minimum atomic E-state index is -0.316. The summed E-state index contributed by atoms with van der Waals surface area (Å²) in [5.74, 6) is 3.26. The summed E-state index contributed by atoms with van der Waals surface area (Å²) in [6.07, 6.45) is 11.3. The molecule has 0 spiro atoms. The van der Waals surface area contributed by atoms with E-state index in [0.717, 1.165) is 24.7 Å². The summed E-state index contributed by atoms with van der Waals surface area (Å²) >= 11 is 0. The van der Waals surface area contributed by atoms with Gasteiger partial charge in [0.25, 0.3) is 0 Å². The predicted octanol–water partition coefficient (Wildman–Crippen LogP) is 7.85. The zero-order valence-corrected chi connectivity index (χ0v) is 26.0. The fraction of sp³-hybridized carbons (Fsp3) is 0.840. The molecule has 2 aliphatic rings. The number of rotatable bonds is 5. The van der Waals surface area contributed by atoms with Crippen molar-refractivity contribution in [2.24, 2.45) is 28.1 Å². The molecule has 2 saturated carbocycles. The zero-order valence-electron chi connectivity index (χ0n) is 20.3. The fourth-order valence-corrected chi connectivity index (χ4v) is 6.10. The molecule has 0 saturated heterocycles. The molecule has 0 aromatic carbocycles. The maximum absolute atomic E-state index is 6.05. The Labute approximate surface area is 230 Å². The van der Waals surface area contributed by atoms with Crippen molar-refractivity contribution in [3.63, 3.8) is 0 Å². The van der Waals surface area contributed by atoms with Crippen molar-refractivity contribution in [3.8, 4) is 0 Å². The Morgan fingerprint density at radius 2 is 1.71 bits per heavy atom. The molecule has 3 heteroatoms. The van der Waals surface area contributed by atoms with Crippen molar-refractivity contribution in [1.82, 2.24) is 0 Å². The van der Waals surface area contributed by atoms with Crippen molar-refractivity contribution in [3.05, 3.63) is 26.2 Å². The topological polar surface area (TPSA) is 0 Å². The van der Waals surface area contributed by atoms with Crippen LogP contribution >= 0.6 is 0 Å². The SMILES string of the molecule is C[CH-]C1([C-](C)C)CCCC(C)C1.[B]C([CH2-])(C)CC1(C[CH2-])C(C)CC1(C)C.[Y].[Y]. The molecular formula is C25H45BY2-4. The average Bonchev–Trinajstić information content (AvgIpc) is 2.51. The van der Waals surface area contributed by atoms with Crippen LogP contribution < -0.4 is 0 Å². The van der Waals surface area contributed by atoms with Crippen LogP contribution in [0.25, 0.3) is 0 Å². The van der Waals surface area contributed by atoms with Crippen LogP contribution in [0.4, 0.5) is 0 Å². The Morgan fingerprint density at radius 3 is 1.93 bits per heavy atom. The van der Waals surface area contributed by atoms with Gasteiger partial charge in [0.15, 0.2) is 0 Å². The van der Waals surface area contributed by atoms with Crippen molar-refractivity contribution >= 4 is 7.85 Å². The van der Waals surface area contributed by atoms with Crippen LogP contribution in [0.3, 0.4) is 0 Å². The molecule has 0 aromatic rings. The Balaban J connectivity index is 0. The molecule has 0 nitrogen and oxygen atoms in total. The Hall–Kier alpha value is 2.27. The smallest absolute Gasteiger partial charge is 0.0344 e. The van der Waals surface area contributed by atoms with Crippen LogP contribution in [0.5, 0.6) is 0 Å². The first kappa shape index (κ1) is 32.5. The summed E-state index contributed by atoms with van der Waals surface area (Å²) in [5, 5.41) is -0.316. The van der Waals surface area contributed by atoms with E-state index in [1.165, 1.54) is 32.1 Å². The molecule has 4 radical (unpaired) electrons. The third-order valence-corrected chi connectivity index (χ3v) is 7.85. The maximum atomic E-state index is 6.05. The van der Waals surface area contributed by atoms with Gasteiger partial charge in [-0.3, -0.25) is 5.41 Å². The second-order valence-corrected chi connectivity index (χ2v) is 10.9. The second-order valence-electron chi connectivity index (χ2n) is 10.9. The third-order valence-electron chi connectivity index (χ3n) is 7.85. The van der Waals surface area contributed by atoms with E-state index < -0.39 is 0 Å². The average molecular weight is 534 g/mol. The minimum absolute atomic E-state index is 0. The molecule has 0 N–H and O–H groups in total. The fourth-order valence-electron chi connectivity index (χ4n) is 6.10. The van der Waals surface area contributed by atoms with Crippen LogP contribution in [0, 0.1) is 54.3 Å². The standard InChI is InChI=1S/C13H23B.C12H22.2Y/c1-7-13(9-12(5,6)14)10(2)8-11(13,3)4;1-5-12(10(2)3)8-6-7-11(4)9-12;;/h10H,1,5,7-9H2,2-4,6H3;5,11H,6-9H2,1-4H3;;/q2*-2;;. The van der Waals surface area contributed by atoms with Crippen molar-refractivity contribution in [1.29, 1.82) is 0 Å². The Bertz CT molecular complexity index is 440.